The monoisotopic (exact) mass is 474 g/mol. The highest BCUT2D eigenvalue weighted by Crippen LogP contribution is 2.49. The van der Waals surface area contributed by atoms with Crippen molar-refractivity contribution in [1.82, 2.24) is 0 Å². The van der Waals surface area contributed by atoms with E-state index in [2.05, 4.69) is 11.7 Å². The van der Waals surface area contributed by atoms with Crippen molar-refractivity contribution in [2.24, 2.45) is 17.8 Å². The fourth-order valence-corrected chi connectivity index (χ4v) is 6.53. The van der Waals surface area contributed by atoms with Crippen LogP contribution in [-0.2, 0) is 4.74 Å². The molecule has 2 aliphatic carbocycles. The Bertz CT molecular complexity index is 1020. The molecular weight excluding hydrogens is 437 g/mol. The normalized spacial score (nSPS) is 24.7. The molecule has 0 bridgehead atoms. The molecule has 0 aromatic heterocycles. The third-order valence-corrected chi connectivity index (χ3v) is 8.43. The lowest BCUT2D eigenvalue weighted by molar-refractivity contribution is 0.0596. The van der Waals surface area contributed by atoms with Gasteiger partial charge in [0.1, 0.15) is 5.82 Å². The molecular formula is C29H37F3O2. The minimum absolute atomic E-state index is 0.0471. The summed E-state index contributed by atoms with van der Waals surface area (Å²) < 4.78 is 49.6. The number of ether oxygens (including phenoxy) is 1. The summed E-state index contributed by atoms with van der Waals surface area (Å²) in [6, 6.07) is 4.35. The Morgan fingerprint density at radius 1 is 0.912 bits per heavy atom. The molecule has 2 nitrogen and oxygen atoms in total. The first kappa shape index (κ1) is 25.1. The van der Waals surface area contributed by atoms with Crippen molar-refractivity contribution in [3.63, 3.8) is 0 Å². The van der Waals surface area contributed by atoms with Gasteiger partial charge in [0, 0.05) is 0 Å². The van der Waals surface area contributed by atoms with Crippen LogP contribution in [0.3, 0.4) is 0 Å². The van der Waals surface area contributed by atoms with Gasteiger partial charge in [0.25, 0.3) is 0 Å². The first-order valence-electron chi connectivity index (χ1n) is 13.1. The van der Waals surface area contributed by atoms with E-state index in [9.17, 15) is 9.18 Å². The number of methoxy groups -OCH3 is 1. The summed E-state index contributed by atoms with van der Waals surface area (Å²) in [5.74, 6) is -2.12. The number of benzene rings is 2. The highest BCUT2D eigenvalue weighted by atomic mass is 19.2. The molecule has 0 spiro atoms. The third kappa shape index (κ3) is 5.13. The first-order valence-corrected chi connectivity index (χ1v) is 13.1. The number of rotatable bonds is 8. The summed E-state index contributed by atoms with van der Waals surface area (Å²) in [6.07, 6.45) is 14.4. The second kappa shape index (κ2) is 11.1. The summed E-state index contributed by atoms with van der Waals surface area (Å²) in [5.41, 5.74) is -0.0320. The van der Waals surface area contributed by atoms with E-state index in [-0.39, 0.29) is 16.9 Å². The van der Waals surface area contributed by atoms with Gasteiger partial charge in [-0.25, -0.2) is 18.0 Å². The molecule has 0 saturated heterocycles. The van der Waals surface area contributed by atoms with Gasteiger partial charge in [0.15, 0.2) is 11.6 Å². The molecule has 4 unspecified atom stereocenters. The first-order chi connectivity index (χ1) is 16.4. The quantitative estimate of drug-likeness (QED) is 0.282. The third-order valence-electron chi connectivity index (χ3n) is 8.43. The van der Waals surface area contributed by atoms with Gasteiger partial charge in [-0.2, -0.15) is 0 Å². The SMILES string of the molecule is CCCCCCCC1CCC2CC(c3cc4ccc(C(=O)OC)c(F)c4c(F)c3F)CCC2C1. The smallest absolute Gasteiger partial charge is 0.340 e. The van der Waals surface area contributed by atoms with E-state index in [0.717, 1.165) is 32.3 Å². The number of fused-ring (bicyclic) bond motifs is 2. The molecule has 4 atom stereocenters. The molecule has 0 amide bonds. The molecule has 2 saturated carbocycles. The van der Waals surface area contributed by atoms with Crippen LogP contribution < -0.4 is 0 Å². The second-order valence-corrected chi connectivity index (χ2v) is 10.5. The molecule has 186 valence electrons. The van der Waals surface area contributed by atoms with Crippen LogP contribution >= 0.6 is 0 Å². The molecule has 0 aliphatic heterocycles. The maximum Gasteiger partial charge on any atom is 0.340 e. The fourth-order valence-electron chi connectivity index (χ4n) is 6.53. The van der Waals surface area contributed by atoms with Crippen molar-refractivity contribution in [1.29, 1.82) is 0 Å². The summed E-state index contributed by atoms with van der Waals surface area (Å²) in [4.78, 5) is 11.8. The Morgan fingerprint density at radius 3 is 2.41 bits per heavy atom. The summed E-state index contributed by atoms with van der Waals surface area (Å²) in [7, 11) is 1.13. The summed E-state index contributed by atoms with van der Waals surface area (Å²) >= 11 is 0. The van der Waals surface area contributed by atoms with Gasteiger partial charge in [-0.3, -0.25) is 0 Å². The molecule has 0 radical (unpaired) electrons. The molecule has 0 N–H and O–H groups in total. The zero-order chi connectivity index (χ0) is 24.2. The fraction of sp³-hybridized carbons (Fsp3) is 0.621. The number of esters is 1. The molecule has 0 heterocycles. The Labute approximate surface area is 201 Å². The maximum atomic E-state index is 15.2. The van der Waals surface area contributed by atoms with E-state index in [1.54, 1.807) is 6.07 Å². The van der Waals surface area contributed by atoms with Crippen LogP contribution in [0.15, 0.2) is 18.2 Å². The lowest BCUT2D eigenvalue weighted by Crippen LogP contribution is -2.30. The minimum atomic E-state index is -1.20. The Kier molecular flexibility index (Phi) is 8.21. The number of hydrogen-bond donors (Lipinski definition) is 0. The molecule has 2 aliphatic rings. The Morgan fingerprint density at radius 2 is 1.65 bits per heavy atom. The van der Waals surface area contributed by atoms with Gasteiger partial charge in [-0.15, -0.1) is 0 Å². The van der Waals surface area contributed by atoms with Gasteiger partial charge in [-0.1, -0.05) is 57.9 Å². The zero-order valence-corrected chi connectivity index (χ0v) is 20.5. The van der Waals surface area contributed by atoms with Crippen LogP contribution in [0.1, 0.15) is 106 Å². The van der Waals surface area contributed by atoms with Crippen molar-refractivity contribution < 1.29 is 22.7 Å². The van der Waals surface area contributed by atoms with E-state index in [1.807, 2.05) is 0 Å². The van der Waals surface area contributed by atoms with E-state index < -0.39 is 28.8 Å². The zero-order valence-electron chi connectivity index (χ0n) is 20.5. The number of carbonyl (C=O) groups excluding carboxylic acids is 1. The van der Waals surface area contributed by atoms with E-state index in [4.69, 9.17) is 0 Å². The van der Waals surface area contributed by atoms with Crippen molar-refractivity contribution in [3.05, 3.63) is 46.8 Å². The van der Waals surface area contributed by atoms with Gasteiger partial charge in [0.05, 0.1) is 18.1 Å². The van der Waals surface area contributed by atoms with Gasteiger partial charge >= 0.3 is 5.97 Å². The van der Waals surface area contributed by atoms with Crippen molar-refractivity contribution in [3.8, 4) is 0 Å². The molecule has 2 aromatic carbocycles. The van der Waals surface area contributed by atoms with Crippen LogP contribution in [0.25, 0.3) is 10.8 Å². The molecule has 4 rings (SSSR count). The van der Waals surface area contributed by atoms with Crippen LogP contribution in [0, 0.1) is 35.2 Å². The largest absolute Gasteiger partial charge is 0.465 e. The molecule has 2 aromatic rings. The van der Waals surface area contributed by atoms with E-state index in [1.165, 1.54) is 69.9 Å². The molecule has 34 heavy (non-hydrogen) atoms. The van der Waals surface area contributed by atoms with Gasteiger partial charge in [0.2, 0.25) is 0 Å². The van der Waals surface area contributed by atoms with Crippen molar-refractivity contribution in [2.75, 3.05) is 7.11 Å². The van der Waals surface area contributed by atoms with Crippen LogP contribution in [-0.4, -0.2) is 13.1 Å². The van der Waals surface area contributed by atoms with E-state index in [0.29, 0.717) is 17.4 Å². The minimum Gasteiger partial charge on any atom is -0.465 e. The van der Waals surface area contributed by atoms with Gasteiger partial charge in [-0.05, 0) is 78.9 Å². The number of hydrogen-bond acceptors (Lipinski definition) is 2. The molecule has 5 heteroatoms. The van der Waals surface area contributed by atoms with Crippen molar-refractivity contribution >= 4 is 16.7 Å². The average molecular weight is 475 g/mol. The van der Waals surface area contributed by atoms with Crippen LogP contribution in [0.2, 0.25) is 0 Å². The maximum absolute atomic E-state index is 15.2. The second-order valence-electron chi connectivity index (χ2n) is 10.5. The van der Waals surface area contributed by atoms with Gasteiger partial charge < -0.3 is 4.74 Å². The Balaban J connectivity index is 1.45. The topological polar surface area (TPSA) is 26.3 Å². The number of unbranched alkanes of at least 4 members (excludes halogenated alkanes) is 4. The lowest BCUT2D eigenvalue weighted by atomic mass is 9.63. The predicted molar refractivity (Wildman–Crippen MR) is 129 cm³/mol. The van der Waals surface area contributed by atoms with Crippen LogP contribution in [0.5, 0.6) is 0 Å². The summed E-state index contributed by atoms with van der Waals surface area (Å²) in [5, 5.41) is -0.190. The lowest BCUT2D eigenvalue weighted by Gasteiger charge is -2.42. The van der Waals surface area contributed by atoms with E-state index >= 15 is 8.78 Å². The predicted octanol–water partition coefficient (Wildman–Crippen LogP) is 8.70. The Hall–Kier alpha value is -2.04. The number of carbonyl (C=O) groups is 1. The van der Waals surface area contributed by atoms with Crippen LogP contribution in [0.4, 0.5) is 13.2 Å². The highest BCUT2D eigenvalue weighted by molar-refractivity contribution is 5.96. The standard InChI is InChI=1S/C29H37F3O2/c1-3-4-5-6-7-8-18-9-10-20-16-21(12-11-19(20)15-18)24-17-22-13-14-23(29(33)34-2)26(30)25(22)28(32)27(24)31/h13-14,17-21H,3-12,15-16H2,1-2H3. The average Bonchev–Trinajstić information content (AvgIpc) is 2.85. The highest BCUT2D eigenvalue weighted by Gasteiger charge is 2.37. The molecule has 2 fully saturated rings. The number of halogens is 3. The summed E-state index contributed by atoms with van der Waals surface area (Å²) in [6.45, 7) is 2.25. The van der Waals surface area contributed by atoms with Crippen molar-refractivity contribution in [2.45, 2.75) is 89.9 Å².